The van der Waals surface area contributed by atoms with Gasteiger partial charge in [-0.2, -0.15) is 0 Å². The highest BCUT2D eigenvalue weighted by Gasteiger charge is 2.41. The summed E-state index contributed by atoms with van der Waals surface area (Å²) < 4.78 is 0. The molecular formula is C14H20ClN. The normalized spacial score (nSPS) is 19.4. The van der Waals surface area contributed by atoms with Crippen molar-refractivity contribution in [3.8, 4) is 0 Å². The Morgan fingerprint density at radius 1 is 1.38 bits per heavy atom. The van der Waals surface area contributed by atoms with Gasteiger partial charge in [-0.15, -0.1) is 0 Å². The van der Waals surface area contributed by atoms with E-state index in [1.165, 1.54) is 18.4 Å². The number of hydrogen-bond donors (Lipinski definition) is 1. The van der Waals surface area contributed by atoms with Crippen LogP contribution in [0.1, 0.15) is 32.3 Å². The topological polar surface area (TPSA) is 12.0 Å². The number of benzene rings is 1. The molecule has 0 aliphatic heterocycles. The monoisotopic (exact) mass is 237 g/mol. The second-order valence-corrected chi connectivity index (χ2v) is 5.58. The molecule has 0 aromatic heterocycles. The minimum Gasteiger partial charge on any atom is -0.313 e. The van der Waals surface area contributed by atoms with Gasteiger partial charge in [-0.25, -0.2) is 0 Å². The Labute approximate surface area is 103 Å². The van der Waals surface area contributed by atoms with Crippen LogP contribution in [0.2, 0.25) is 5.02 Å². The van der Waals surface area contributed by atoms with Crippen molar-refractivity contribution < 1.29 is 0 Å². The quantitative estimate of drug-likeness (QED) is 0.824. The van der Waals surface area contributed by atoms with Crippen LogP contribution in [-0.4, -0.2) is 12.6 Å². The summed E-state index contributed by atoms with van der Waals surface area (Å²) in [5, 5.41) is 4.49. The molecule has 1 saturated carbocycles. The van der Waals surface area contributed by atoms with Crippen LogP contribution in [0.3, 0.4) is 0 Å². The average Bonchev–Trinajstić information content (AvgIpc) is 3.01. The molecule has 1 aromatic carbocycles. The van der Waals surface area contributed by atoms with Crippen molar-refractivity contribution in [2.75, 3.05) is 6.54 Å². The maximum atomic E-state index is 6.11. The molecule has 2 heteroatoms. The van der Waals surface area contributed by atoms with Crippen molar-refractivity contribution in [3.05, 3.63) is 34.9 Å². The highest BCUT2D eigenvalue weighted by molar-refractivity contribution is 6.31. The first-order valence-corrected chi connectivity index (χ1v) is 6.46. The number of halogens is 1. The van der Waals surface area contributed by atoms with Crippen LogP contribution in [0, 0.1) is 5.41 Å². The molecule has 0 radical (unpaired) electrons. The Hall–Kier alpha value is -0.530. The molecular weight excluding hydrogens is 218 g/mol. The molecule has 1 unspecified atom stereocenters. The van der Waals surface area contributed by atoms with Gasteiger partial charge in [0.1, 0.15) is 0 Å². The van der Waals surface area contributed by atoms with Crippen molar-refractivity contribution in [2.45, 2.75) is 39.2 Å². The van der Waals surface area contributed by atoms with Gasteiger partial charge >= 0.3 is 0 Å². The van der Waals surface area contributed by atoms with Crippen LogP contribution in [0.4, 0.5) is 0 Å². The summed E-state index contributed by atoms with van der Waals surface area (Å²) in [5.74, 6) is 0. The van der Waals surface area contributed by atoms with Gasteiger partial charge in [0, 0.05) is 11.1 Å². The summed E-state index contributed by atoms with van der Waals surface area (Å²) in [6, 6.07) is 8.71. The number of nitrogens with one attached hydrogen (secondary N) is 1. The summed E-state index contributed by atoms with van der Waals surface area (Å²) in [7, 11) is 0. The fourth-order valence-electron chi connectivity index (χ4n) is 2.00. The summed E-state index contributed by atoms with van der Waals surface area (Å²) in [6.07, 6.45) is 3.75. The Morgan fingerprint density at radius 3 is 2.69 bits per heavy atom. The van der Waals surface area contributed by atoms with Crippen LogP contribution in [0.15, 0.2) is 24.3 Å². The van der Waals surface area contributed by atoms with Crippen LogP contribution < -0.4 is 5.32 Å². The lowest BCUT2D eigenvalue weighted by atomic mass is 10.0. The molecule has 0 spiro atoms. The van der Waals surface area contributed by atoms with E-state index < -0.39 is 0 Å². The average molecular weight is 238 g/mol. The minimum absolute atomic E-state index is 0.556. The van der Waals surface area contributed by atoms with Crippen molar-refractivity contribution in [1.29, 1.82) is 0 Å². The van der Waals surface area contributed by atoms with Gasteiger partial charge in [0.15, 0.2) is 0 Å². The molecule has 2 rings (SSSR count). The molecule has 88 valence electrons. The molecule has 1 atom stereocenters. The number of hydrogen-bond acceptors (Lipinski definition) is 1. The van der Waals surface area contributed by atoms with E-state index in [1.54, 1.807) is 0 Å². The van der Waals surface area contributed by atoms with E-state index in [2.05, 4.69) is 25.2 Å². The van der Waals surface area contributed by atoms with Gasteiger partial charge in [-0.1, -0.05) is 36.7 Å². The SMILES string of the molecule is CC(NCCc1ccccc1Cl)C1(C)CC1. The van der Waals surface area contributed by atoms with E-state index in [4.69, 9.17) is 11.6 Å². The van der Waals surface area contributed by atoms with Crippen molar-refractivity contribution >= 4 is 11.6 Å². The zero-order chi connectivity index (χ0) is 11.6. The zero-order valence-corrected chi connectivity index (χ0v) is 10.8. The van der Waals surface area contributed by atoms with Crippen molar-refractivity contribution in [2.24, 2.45) is 5.41 Å². The summed E-state index contributed by atoms with van der Waals surface area (Å²) in [5.41, 5.74) is 1.80. The summed E-state index contributed by atoms with van der Waals surface area (Å²) >= 11 is 6.11. The van der Waals surface area contributed by atoms with Gasteiger partial charge in [-0.3, -0.25) is 0 Å². The molecule has 0 saturated heterocycles. The zero-order valence-electron chi connectivity index (χ0n) is 10.1. The highest BCUT2D eigenvalue weighted by atomic mass is 35.5. The lowest BCUT2D eigenvalue weighted by Crippen LogP contribution is -2.34. The molecule has 1 N–H and O–H groups in total. The summed E-state index contributed by atoms with van der Waals surface area (Å²) in [4.78, 5) is 0. The van der Waals surface area contributed by atoms with Gasteiger partial charge in [-0.05, 0) is 49.8 Å². The first-order chi connectivity index (χ1) is 7.62. The van der Waals surface area contributed by atoms with E-state index in [-0.39, 0.29) is 0 Å². The standard InChI is InChI=1S/C14H20ClN/c1-11(14(2)8-9-14)16-10-7-12-5-3-4-6-13(12)15/h3-6,11,16H,7-10H2,1-2H3. The molecule has 0 amide bonds. The molecule has 1 aliphatic carbocycles. The third kappa shape index (κ3) is 2.78. The van der Waals surface area contributed by atoms with Gasteiger partial charge in [0.05, 0.1) is 0 Å². The Morgan fingerprint density at radius 2 is 2.06 bits per heavy atom. The van der Waals surface area contributed by atoms with Crippen LogP contribution in [0.25, 0.3) is 0 Å². The van der Waals surface area contributed by atoms with Crippen molar-refractivity contribution in [3.63, 3.8) is 0 Å². The molecule has 0 heterocycles. The highest BCUT2D eigenvalue weighted by Crippen LogP contribution is 2.47. The third-order valence-electron chi connectivity index (χ3n) is 3.89. The van der Waals surface area contributed by atoms with Crippen LogP contribution in [-0.2, 0) is 6.42 Å². The Kier molecular flexibility index (Phi) is 3.56. The molecule has 1 aromatic rings. The summed E-state index contributed by atoms with van der Waals surface area (Å²) in [6.45, 7) is 5.67. The fraction of sp³-hybridized carbons (Fsp3) is 0.571. The third-order valence-corrected chi connectivity index (χ3v) is 4.26. The maximum absolute atomic E-state index is 6.11. The Balaban J connectivity index is 1.78. The van der Waals surface area contributed by atoms with Gasteiger partial charge in [0.2, 0.25) is 0 Å². The number of rotatable bonds is 5. The van der Waals surface area contributed by atoms with E-state index >= 15 is 0 Å². The smallest absolute Gasteiger partial charge is 0.0438 e. The fourth-order valence-corrected chi connectivity index (χ4v) is 2.23. The first kappa shape index (κ1) is 11.9. The van der Waals surface area contributed by atoms with E-state index in [0.29, 0.717) is 11.5 Å². The Bertz CT molecular complexity index is 358. The van der Waals surface area contributed by atoms with Crippen LogP contribution >= 0.6 is 11.6 Å². The van der Waals surface area contributed by atoms with E-state index in [1.807, 2.05) is 18.2 Å². The maximum Gasteiger partial charge on any atom is 0.0438 e. The minimum atomic E-state index is 0.556. The molecule has 1 fully saturated rings. The largest absolute Gasteiger partial charge is 0.313 e. The molecule has 1 aliphatic rings. The lowest BCUT2D eigenvalue weighted by molar-refractivity contribution is 0.383. The van der Waals surface area contributed by atoms with Gasteiger partial charge in [0.25, 0.3) is 0 Å². The first-order valence-electron chi connectivity index (χ1n) is 6.09. The second-order valence-electron chi connectivity index (χ2n) is 5.17. The van der Waals surface area contributed by atoms with Crippen molar-refractivity contribution in [1.82, 2.24) is 5.32 Å². The molecule has 0 bridgehead atoms. The molecule has 1 nitrogen and oxygen atoms in total. The lowest BCUT2D eigenvalue weighted by Gasteiger charge is -2.20. The molecule has 16 heavy (non-hydrogen) atoms. The van der Waals surface area contributed by atoms with Crippen LogP contribution in [0.5, 0.6) is 0 Å². The van der Waals surface area contributed by atoms with E-state index in [9.17, 15) is 0 Å². The second kappa shape index (κ2) is 4.77. The predicted molar refractivity (Wildman–Crippen MR) is 70.0 cm³/mol. The predicted octanol–water partition coefficient (Wildman–Crippen LogP) is 3.66. The van der Waals surface area contributed by atoms with Gasteiger partial charge < -0.3 is 5.32 Å². The van der Waals surface area contributed by atoms with E-state index in [0.717, 1.165) is 18.0 Å².